The molecule has 2 N–H and O–H groups in total. The lowest BCUT2D eigenvalue weighted by molar-refractivity contribution is -0.116. The first-order chi connectivity index (χ1) is 12.6. The Morgan fingerprint density at radius 1 is 1.19 bits per heavy atom. The van der Waals surface area contributed by atoms with Gasteiger partial charge in [-0.25, -0.2) is 4.98 Å². The number of anilines is 2. The lowest BCUT2D eigenvalue weighted by Gasteiger charge is -2.17. The highest BCUT2D eigenvalue weighted by molar-refractivity contribution is 7.09. The second-order valence-electron chi connectivity index (χ2n) is 5.89. The smallest absolute Gasteiger partial charge is 0.246 e. The van der Waals surface area contributed by atoms with Gasteiger partial charge < -0.3 is 15.4 Å². The minimum absolute atomic E-state index is 0.135. The highest BCUT2D eigenvalue weighted by atomic mass is 32.1. The van der Waals surface area contributed by atoms with Crippen LogP contribution in [-0.4, -0.2) is 24.0 Å². The average Bonchev–Trinajstić information content (AvgIpc) is 3.09. The standard InChI is InChI=1S/C20H21N3O2S/c1-13(20(24)23-17-9-4-5-10-19(17)25-3)21-16-8-6-7-15(11-16)18-12-26-14(2)22-18/h4-13,21H,1-3H3,(H,23,24). The Labute approximate surface area is 157 Å². The fraction of sp³-hybridized carbons (Fsp3) is 0.200. The van der Waals surface area contributed by atoms with Crippen LogP contribution in [0.1, 0.15) is 11.9 Å². The molecule has 0 saturated carbocycles. The second-order valence-corrected chi connectivity index (χ2v) is 6.95. The van der Waals surface area contributed by atoms with E-state index >= 15 is 0 Å². The van der Waals surface area contributed by atoms with Crippen molar-refractivity contribution >= 4 is 28.6 Å². The predicted octanol–water partition coefficient (Wildman–Crippen LogP) is 4.57. The molecule has 0 aliphatic rings. The molecule has 26 heavy (non-hydrogen) atoms. The number of aryl methyl sites for hydroxylation is 1. The summed E-state index contributed by atoms with van der Waals surface area (Å²) < 4.78 is 5.27. The monoisotopic (exact) mass is 367 g/mol. The molecule has 3 aromatic rings. The van der Waals surface area contributed by atoms with Gasteiger partial charge in [-0.05, 0) is 38.1 Å². The molecule has 1 unspecified atom stereocenters. The molecule has 5 nitrogen and oxygen atoms in total. The van der Waals surface area contributed by atoms with Crippen molar-refractivity contribution in [3.05, 3.63) is 58.9 Å². The SMILES string of the molecule is COc1ccccc1NC(=O)C(C)Nc1cccc(-c2csc(C)n2)c1. The number of benzene rings is 2. The van der Waals surface area contributed by atoms with Gasteiger partial charge in [0.1, 0.15) is 11.8 Å². The lowest BCUT2D eigenvalue weighted by atomic mass is 10.1. The van der Waals surface area contributed by atoms with Gasteiger partial charge in [0.05, 0.1) is 23.5 Å². The molecule has 1 amide bonds. The Kier molecular flexibility index (Phi) is 5.53. The molecule has 6 heteroatoms. The molecule has 3 rings (SSSR count). The Hall–Kier alpha value is -2.86. The van der Waals surface area contributed by atoms with E-state index in [-0.39, 0.29) is 5.91 Å². The first-order valence-electron chi connectivity index (χ1n) is 8.30. The molecule has 0 radical (unpaired) electrons. The highest BCUT2D eigenvalue weighted by Crippen LogP contribution is 2.25. The van der Waals surface area contributed by atoms with Crippen molar-refractivity contribution in [2.75, 3.05) is 17.7 Å². The minimum atomic E-state index is -0.410. The number of carbonyl (C=O) groups excluding carboxylic acids is 1. The molecule has 0 bridgehead atoms. The summed E-state index contributed by atoms with van der Waals surface area (Å²) in [7, 11) is 1.58. The molecule has 1 aromatic heterocycles. The molecule has 0 spiro atoms. The van der Waals surface area contributed by atoms with E-state index in [4.69, 9.17) is 4.74 Å². The van der Waals surface area contributed by atoms with Crippen LogP contribution in [0.3, 0.4) is 0 Å². The second kappa shape index (κ2) is 8.01. The van der Waals surface area contributed by atoms with Crippen molar-refractivity contribution in [2.45, 2.75) is 19.9 Å². The third kappa shape index (κ3) is 4.21. The van der Waals surface area contributed by atoms with Crippen LogP contribution >= 0.6 is 11.3 Å². The minimum Gasteiger partial charge on any atom is -0.495 e. The Bertz CT molecular complexity index is 907. The summed E-state index contributed by atoms with van der Waals surface area (Å²) in [6.07, 6.45) is 0. The summed E-state index contributed by atoms with van der Waals surface area (Å²) in [6, 6.07) is 14.8. The molecular formula is C20H21N3O2S. The number of hydrogen-bond acceptors (Lipinski definition) is 5. The van der Waals surface area contributed by atoms with Gasteiger partial charge in [0, 0.05) is 16.6 Å². The van der Waals surface area contributed by atoms with Crippen molar-refractivity contribution in [1.82, 2.24) is 4.98 Å². The summed E-state index contributed by atoms with van der Waals surface area (Å²) in [6.45, 7) is 3.81. The van der Waals surface area contributed by atoms with Crippen molar-refractivity contribution < 1.29 is 9.53 Å². The highest BCUT2D eigenvalue weighted by Gasteiger charge is 2.15. The number of para-hydroxylation sites is 2. The molecule has 1 heterocycles. The first-order valence-corrected chi connectivity index (χ1v) is 9.18. The van der Waals surface area contributed by atoms with Gasteiger partial charge >= 0.3 is 0 Å². The molecule has 134 valence electrons. The number of thiazole rings is 1. The third-order valence-electron chi connectivity index (χ3n) is 3.92. The van der Waals surface area contributed by atoms with Crippen LogP contribution in [-0.2, 0) is 4.79 Å². The average molecular weight is 367 g/mol. The van der Waals surface area contributed by atoms with Gasteiger partial charge in [-0.2, -0.15) is 0 Å². The quantitative estimate of drug-likeness (QED) is 0.670. The number of carbonyl (C=O) groups is 1. The summed E-state index contributed by atoms with van der Waals surface area (Å²) >= 11 is 1.62. The number of nitrogens with one attached hydrogen (secondary N) is 2. The molecule has 2 aromatic carbocycles. The molecule has 0 aliphatic carbocycles. The van der Waals surface area contributed by atoms with Gasteiger partial charge in [0.15, 0.2) is 0 Å². The normalized spacial score (nSPS) is 11.7. The van der Waals surface area contributed by atoms with Crippen LogP contribution in [0, 0.1) is 6.92 Å². The first kappa shape index (κ1) is 17.9. The fourth-order valence-corrected chi connectivity index (χ4v) is 3.19. The van der Waals surface area contributed by atoms with E-state index in [0.29, 0.717) is 11.4 Å². The molecule has 0 saturated heterocycles. The van der Waals surface area contributed by atoms with E-state index in [1.807, 2.05) is 67.8 Å². The number of rotatable bonds is 6. The van der Waals surface area contributed by atoms with Crippen LogP contribution in [0.15, 0.2) is 53.9 Å². The van der Waals surface area contributed by atoms with Crippen molar-refractivity contribution in [1.29, 1.82) is 0 Å². The lowest BCUT2D eigenvalue weighted by Crippen LogP contribution is -2.32. The van der Waals surface area contributed by atoms with Crippen molar-refractivity contribution in [3.8, 4) is 17.0 Å². The zero-order valence-electron chi connectivity index (χ0n) is 14.9. The molecule has 0 aliphatic heterocycles. The third-order valence-corrected chi connectivity index (χ3v) is 4.69. The number of nitrogens with zero attached hydrogens (tertiary/aromatic N) is 1. The number of amides is 1. The summed E-state index contributed by atoms with van der Waals surface area (Å²) in [5.41, 5.74) is 3.50. The Morgan fingerprint density at radius 3 is 2.73 bits per heavy atom. The van der Waals surface area contributed by atoms with Gasteiger partial charge in [0.25, 0.3) is 0 Å². The maximum Gasteiger partial charge on any atom is 0.246 e. The van der Waals surface area contributed by atoms with Crippen LogP contribution < -0.4 is 15.4 Å². The van der Waals surface area contributed by atoms with E-state index in [1.54, 1.807) is 18.4 Å². The van der Waals surface area contributed by atoms with Crippen LogP contribution in [0.5, 0.6) is 5.75 Å². The summed E-state index contributed by atoms with van der Waals surface area (Å²) in [5, 5.41) is 9.20. The van der Waals surface area contributed by atoms with E-state index in [2.05, 4.69) is 15.6 Å². The molecular weight excluding hydrogens is 346 g/mol. The van der Waals surface area contributed by atoms with E-state index in [1.165, 1.54) is 0 Å². The predicted molar refractivity (Wildman–Crippen MR) is 107 cm³/mol. The van der Waals surface area contributed by atoms with Crippen LogP contribution in [0.2, 0.25) is 0 Å². The Morgan fingerprint density at radius 2 is 2.00 bits per heavy atom. The van der Waals surface area contributed by atoms with Gasteiger partial charge in [-0.3, -0.25) is 4.79 Å². The van der Waals surface area contributed by atoms with E-state index in [0.717, 1.165) is 22.0 Å². The van der Waals surface area contributed by atoms with Gasteiger partial charge in [-0.1, -0.05) is 24.3 Å². The number of hydrogen-bond donors (Lipinski definition) is 2. The van der Waals surface area contributed by atoms with Crippen LogP contribution in [0.4, 0.5) is 11.4 Å². The zero-order valence-corrected chi connectivity index (χ0v) is 15.8. The maximum absolute atomic E-state index is 12.5. The van der Waals surface area contributed by atoms with Crippen molar-refractivity contribution in [3.63, 3.8) is 0 Å². The largest absolute Gasteiger partial charge is 0.495 e. The topological polar surface area (TPSA) is 63.2 Å². The fourth-order valence-electron chi connectivity index (χ4n) is 2.57. The van der Waals surface area contributed by atoms with Crippen LogP contribution in [0.25, 0.3) is 11.3 Å². The maximum atomic E-state index is 12.5. The molecule has 0 fully saturated rings. The van der Waals surface area contributed by atoms with E-state index < -0.39 is 6.04 Å². The number of methoxy groups -OCH3 is 1. The van der Waals surface area contributed by atoms with Crippen molar-refractivity contribution in [2.24, 2.45) is 0 Å². The van der Waals surface area contributed by atoms with E-state index in [9.17, 15) is 4.79 Å². The van der Waals surface area contributed by atoms with Gasteiger partial charge in [0.2, 0.25) is 5.91 Å². The van der Waals surface area contributed by atoms with Gasteiger partial charge in [-0.15, -0.1) is 11.3 Å². The molecule has 1 atom stereocenters. The summed E-state index contributed by atoms with van der Waals surface area (Å²) in [5.74, 6) is 0.498. The summed E-state index contributed by atoms with van der Waals surface area (Å²) in [4.78, 5) is 17.0. The zero-order chi connectivity index (χ0) is 18.5. The number of ether oxygens (including phenoxy) is 1. The Balaban J connectivity index is 1.69. The number of aromatic nitrogens is 1.